The smallest absolute Gasteiger partial charge is 0.226 e. The first-order valence-corrected chi connectivity index (χ1v) is 5.71. The van der Waals surface area contributed by atoms with Crippen molar-refractivity contribution in [2.75, 3.05) is 5.32 Å². The van der Waals surface area contributed by atoms with Crippen LogP contribution in [0.4, 0.5) is 10.1 Å². The number of nitrogens with two attached hydrogens (primary N) is 1. The summed E-state index contributed by atoms with van der Waals surface area (Å²) in [5.74, 6) is -0.450. The largest absolute Gasteiger partial charge is 0.327 e. The van der Waals surface area contributed by atoms with Gasteiger partial charge in [0.05, 0.1) is 5.69 Å². The topological polar surface area (TPSA) is 55.1 Å². The third-order valence-corrected chi connectivity index (χ3v) is 2.68. The number of carbonyl (C=O) groups excluding carboxylic acids is 1. The molecule has 0 spiro atoms. The zero-order chi connectivity index (χ0) is 13.0. The van der Waals surface area contributed by atoms with E-state index in [0.717, 1.165) is 5.56 Å². The molecule has 3 nitrogen and oxygen atoms in total. The summed E-state index contributed by atoms with van der Waals surface area (Å²) in [5, 5.41) is 2.53. The second-order valence-electron chi connectivity index (χ2n) is 4.64. The quantitative estimate of drug-likeness (QED) is 0.846. The Labute approximate surface area is 101 Å². The monoisotopic (exact) mass is 238 g/mol. The lowest BCUT2D eigenvalue weighted by atomic mass is 10.0. The third-order valence-electron chi connectivity index (χ3n) is 2.68. The molecular weight excluding hydrogens is 219 g/mol. The summed E-state index contributed by atoms with van der Waals surface area (Å²) in [6, 6.07) is 4.49. The number of anilines is 1. The molecule has 94 valence electrons. The first kappa shape index (κ1) is 13.6. The zero-order valence-electron chi connectivity index (χ0n) is 10.5. The highest BCUT2D eigenvalue weighted by Gasteiger charge is 2.14. The Bertz CT molecular complexity index is 404. The molecule has 17 heavy (non-hydrogen) atoms. The molecule has 1 atom stereocenters. The van der Waals surface area contributed by atoms with Crippen molar-refractivity contribution in [3.05, 3.63) is 29.6 Å². The van der Waals surface area contributed by atoms with Crippen molar-refractivity contribution < 1.29 is 9.18 Å². The van der Waals surface area contributed by atoms with Crippen LogP contribution in [0.3, 0.4) is 0 Å². The summed E-state index contributed by atoms with van der Waals surface area (Å²) in [7, 11) is 0. The van der Waals surface area contributed by atoms with E-state index in [1.807, 2.05) is 13.8 Å². The van der Waals surface area contributed by atoms with Gasteiger partial charge in [0.2, 0.25) is 5.91 Å². The van der Waals surface area contributed by atoms with Gasteiger partial charge in [-0.15, -0.1) is 0 Å². The molecule has 1 unspecified atom stereocenters. The standard InChI is InChI=1S/C13H19FN2O/c1-8(2)11(15)7-13(17)16-12-5-4-9(3)6-10(12)14/h4-6,8,11H,7,15H2,1-3H3,(H,16,17). The molecule has 0 heterocycles. The predicted molar refractivity (Wildman–Crippen MR) is 67.2 cm³/mol. The van der Waals surface area contributed by atoms with Crippen LogP contribution in [0.5, 0.6) is 0 Å². The number of amides is 1. The van der Waals surface area contributed by atoms with Crippen LogP contribution in [-0.2, 0) is 4.79 Å². The average Bonchev–Trinajstić information content (AvgIpc) is 2.22. The number of carbonyl (C=O) groups is 1. The van der Waals surface area contributed by atoms with E-state index in [4.69, 9.17) is 5.73 Å². The molecule has 1 rings (SSSR count). The Balaban J connectivity index is 2.62. The first-order valence-electron chi connectivity index (χ1n) is 5.71. The Morgan fingerprint density at radius 1 is 1.47 bits per heavy atom. The van der Waals surface area contributed by atoms with Crippen LogP contribution in [0.15, 0.2) is 18.2 Å². The molecule has 0 fully saturated rings. The van der Waals surface area contributed by atoms with E-state index in [0.29, 0.717) is 0 Å². The van der Waals surface area contributed by atoms with E-state index in [1.54, 1.807) is 19.1 Å². The first-order chi connectivity index (χ1) is 7.90. The van der Waals surface area contributed by atoms with Crippen LogP contribution in [0, 0.1) is 18.7 Å². The fourth-order valence-electron chi connectivity index (χ4n) is 1.37. The van der Waals surface area contributed by atoms with Crippen molar-refractivity contribution in [1.29, 1.82) is 0 Å². The SMILES string of the molecule is Cc1ccc(NC(=O)CC(N)C(C)C)c(F)c1. The maximum atomic E-state index is 13.5. The van der Waals surface area contributed by atoms with Crippen LogP contribution in [0.25, 0.3) is 0 Å². The summed E-state index contributed by atoms with van der Waals surface area (Å²) in [4.78, 5) is 11.6. The molecule has 0 radical (unpaired) electrons. The van der Waals surface area contributed by atoms with E-state index in [1.165, 1.54) is 6.07 Å². The van der Waals surface area contributed by atoms with Crippen molar-refractivity contribution in [1.82, 2.24) is 0 Å². The van der Waals surface area contributed by atoms with Gasteiger partial charge in [0, 0.05) is 12.5 Å². The van der Waals surface area contributed by atoms with Gasteiger partial charge in [-0.1, -0.05) is 19.9 Å². The van der Waals surface area contributed by atoms with Crippen LogP contribution in [0.2, 0.25) is 0 Å². The van der Waals surface area contributed by atoms with E-state index < -0.39 is 5.82 Å². The number of rotatable bonds is 4. The zero-order valence-corrected chi connectivity index (χ0v) is 10.5. The van der Waals surface area contributed by atoms with E-state index in [2.05, 4.69) is 5.32 Å². The molecule has 0 aliphatic rings. The minimum atomic E-state index is -0.420. The molecule has 0 aliphatic heterocycles. The number of halogens is 1. The van der Waals surface area contributed by atoms with Crippen molar-refractivity contribution >= 4 is 11.6 Å². The fraction of sp³-hybridized carbons (Fsp3) is 0.462. The highest BCUT2D eigenvalue weighted by molar-refractivity contribution is 5.91. The Hall–Kier alpha value is -1.42. The Kier molecular flexibility index (Phi) is 4.63. The number of aryl methyl sites for hydroxylation is 1. The normalized spacial score (nSPS) is 12.6. The van der Waals surface area contributed by atoms with Crippen molar-refractivity contribution in [2.45, 2.75) is 33.2 Å². The number of hydrogen-bond donors (Lipinski definition) is 2. The van der Waals surface area contributed by atoms with Gasteiger partial charge in [-0.3, -0.25) is 4.79 Å². The minimum absolute atomic E-state index is 0.199. The van der Waals surface area contributed by atoms with Crippen LogP contribution < -0.4 is 11.1 Å². The molecule has 1 aromatic carbocycles. The molecule has 1 amide bonds. The molecule has 0 bridgehead atoms. The second kappa shape index (κ2) is 5.77. The number of benzene rings is 1. The van der Waals surface area contributed by atoms with Crippen LogP contribution >= 0.6 is 0 Å². The molecule has 0 saturated carbocycles. The van der Waals surface area contributed by atoms with Crippen LogP contribution in [0.1, 0.15) is 25.8 Å². The molecular formula is C13H19FN2O. The van der Waals surface area contributed by atoms with E-state index in [9.17, 15) is 9.18 Å². The van der Waals surface area contributed by atoms with Gasteiger partial charge in [-0.2, -0.15) is 0 Å². The van der Waals surface area contributed by atoms with Crippen molar-refractivity contribution in [3.8, 4) is 0 Å². The summed E-state index contributed by atoms with van der Waals surface area (Å²) in [6.45, 7) is 5.69. The Morgan fingerprint density at radius 2 is 2.12 bits per heavy atom. The average molecular weight is 238 g/mol. The predicted octanol–water partition coefficient (Wildman–Crippen LogP) is 2.45. The van der Waals surface area contributed by atoms with Gasteiger partial charge in [0.1, 0.15) is 5.82 Å². The minimum Gasteiger partial charge on any atom is -0.327 e. The highest BCUT2D eigenvalue weighted by atomic mass is 19.1. The van der Waals surface area contributed by atoms with Crippen LogP contribution in [-0.4, -0.2) is 11.9 Å². The van der Waals surface area contributed by atoms with E-state index >= 15 is 0 Å². The highest BCUT2D eigenvalue weighted by Crippen LogP contribution is 2.16. The Morgan fingerprint density at radius 3 is 2.65 bits per heavy atom. The lowest BCUT2D eigenvalue weighted by Gasteiger charge is -2.15. The number of nitrogens with one attached hydrogen (secondary N) is 1. The maximum Gasteiger partial charge on any atom is 0.226 e. The molecule has 4 heteroatoms. The summed E-state index contributed by atoms with van der Waals surface area (Å²) in [5.41, 5.74) is 6.80. The molecule has 3 N–H and O–H groups in total. The van der Waals surface area contributed by atoms with Gasteiger partial charge < -0.3 is 11.1 Å². The fourth-order valence-corrected chi connectivity index (χ4v) is 1.37. The van der Waals surface area contributed by atoms with Crippen molar-refractivity contribution in [3.63, 3.8) is 0 Å². The van der Waals surface area contributed by atoms with E-state index in [-0.39, 0.29) is 30.0 Å². The molecule has 0 aliphatic carbocycles. The van der Waals surface area contributed by atoms with Gasteiger partial charge in [-0.05, 0) is 30.5 Å². The van der Waals surface area contributed by atoms with Crippen molar-refractivity contribution in [2.24, 2.45) is 11.7 Å². The van der Waals surface area contributed by atoms with Gasteiger partial charge in [0.25, 0.3) is 0 Å². The lowest BCUT2D eigenvalue weighted by Crippen LogP contribution is -2.31. The summed E-state index contributed by atoms with van der Waals surface area (Å²) in [6.07, 6.45) is 0.199. The second-order valence-corrected chi connectivity index (χ2v) is 4.64. The molecule has 0 saturated heterocycles. The third kappa shape index (κ3) is 4.15. The molecule has 1 aromatic rings. The lowest BCUT2D eigenvalue weighted by molar-refractivity contribution is -0.116. The maximum absolute atomic E-state index is 13.5. The summed E-state index contributed by atoms with van der Waals surface area (Å²) >= 11 is 0. The van der Waals surface area contributed by atoms with Gasteiger partial charge in [0.15, 0.2) is 0 Å². The molecule has 0 aromatic heterocycles. The van der Waals surface area contributed by atoms with Gasteiger partial charge in [-0.25, -0.2) is 4.39 Å². The summed E-state index contributed by atoms with van der Waals surface area (Å²) < 4.78 is 13.5. The number of hydrogen-bond acceptors (Lipinski definition) is 2. The van der Waals surface area contributed by atoms with Gasteiger partial charge >= 0.3 is 0 Å².